The zero-order chi connectivity index (χ0) is 13.0. The number of fused-ring (bicyclic) bond motifs is 4. The molecule has 0 aliphatic heterocycles. The minimum atomic E-state index is -0.792. The normalized spacial score (nSPS) is 18.2. The molecular weight excluding hydrogens is 236 g/mol. The molecule has 0 atom stereocenters. The monoisotopic (exact) mass is 248 g/mol. The summed E-state index contributed by atoms with van der Waals surface area (Å²) in [6.45, 7) is 0. The summed E-state index contributed by atoms with van der Waals surface area (Å²) in [6, 6.07) is 3.98. The third kappa shape index (κ3) is 1.46. The van der Waals surface area contributed by atoms with E-state index in [0.717, 1.165) is 28.0 Å². The van der Waals surface area contributed by atoms with Crippen molar-refractivity contribution in [1.82, 2.24) is 0 Å². The van der Waals surface area contributed by atoms with Gasteiger partial charge in [0.05, 0.1) is 0 Å². The van der Waals surface area contributed by atoms with Crippen LogP contribution < -0.4 is 10.4 Å². The van der Waals surface area contributed by atoms with Gasteiger partial charge in [0.25, 0.3) is 0 Å². The first-order chi connectivity index (χ1) is 9.25. The van der Waals surface area contributed by atoms with Crippen molar-refractivity contribution >= 4 is 29.3 Å². The van der Waals surface area contributed by atoms with E-state index < -0.39 is 5.97 Å². The Labute approximate surface area is 110 Å². The number of carbonyl (C=O) groups is 1. The summed E-state index contributed by atoms with van der Waals surface area (Å²) < 4.78 is 0. The lowest BCUT2D eigenvalue weighted by atomic mass is 9.93. The highest BCUT2D eigenvalue weighted by atomic mass is 16.4. The molecule has 0 aromatic heterocycles. The molecule has 3 aliphatic carbocycles. The van der Waals surface area contributed by atoms with Crippen molar-refractivity contribution < 1.29 is 9.90 Å². The number of carboxylic acids is 1. The van der Waals surface area contributed by atoms with E-state index >= 15 is 0 Å². The number of rotatable bonds is 1. The van der Waals surface area contributed by atoms with Gasteiger partial charge in [0.2, 0.25) is 0 Å². The van der Waals surface area contributed by atoms with Crippen molar-refractivity contribution in [2.24, 2.45) is 0 Å². The zero-order valence-corrected chi connectivity index (χ0v) is 10.3. The van der Waals surface area contributed by atoms with Crippen LogP contribution in [0.4, 0.5) is 0 Å². The van der Waals surface area contributed by atoms with Crippen LogP contribution in [0.2, 0.25) is 0 Å². The summed E-state index contributed by atoms with van der Waals surface area (Å²) in [5.41, 5.74) is 5.50. The van der Waals surface area contributed by atoms with Gasteiger partial charge >= 0.3 is 5.97 Å². The highest BCUT2D eigenvalue weighted by Crippen LogP contribution is 2.46. The van der Waals surface area contributed by atoms with Gasteiger partial charge in [-0.3, -0.25) is 0 Å². The van der Waals surface area contributed by atoms with Crippen molar-refractivity contribution in [2.75, 3.05) is 0 Å². The van der Waals surface area contributed by atoms with E-state index in [9.17, 15) is 9.90 Å². The van der Waals surface area contributed by atoms with Crippen LogP contribution in [-0.4, -0.2) is 11.1 Å². The summed E-state index contributed by atoms with van der Waals surface area (Å²) in [5.74, 6) is -0.792. The molecule has 0 bridgehead atoms. The minimum Gasteiger partial charge on any atom is -0.478 e. The molecular formula is C17H12O2. The number of aliphatic carboxylic acids is 1. The molecule has 0 radical (unpaired) electrons. The molecule has 0 spiro atoms. The van der Waals surface area contributed by atoms with Crippen LogP contribution in [0.15, 0.2) is 35.9 Å². The first-order valence-corrected chi connectivity index (χ1v) is 6.41. The van der Waals surface area contributed by atoms with Crippen molar-refractivity contribution in [1.29, 1.82) is 0 Å². The van der Waals surface area contributed by atoms with E-state index in [2.05, 4.69) is 12.2 Å². The summed E-state index contributed by atoms with van der Waals surface area (Å²) in [7, 11) is 0. The second-order valence-corrected chi connectivity index (χ2v) is 5.12. The third-order valence-electron chi connectivity index (χ3n) is 4.01. The van der Waals surface area contributed by atoms with E-state index in [1.54, 1.807) is 0 Å². The van der Waals surface area contributed by atoms with E-state index in [-0.39, 0.29) is 0 Å². The van der Waals surface area contributed by atoms with Crippen molar-refractivity contribution in [3.8, 4) is 0 Å². The standard InChI is InChI=1S/C17H12O2/c18-17(19)15-9-11-8-14(11)16-12-5-3-1-2-4-10(12)6-7-13(15)16/h1-7H,8-9H2,(H,18,19). The van der Waals surface area contributed by atoms with Crippen LogP contribution >= 0.6 is 0 Å². The van der Waals surface area contributed by atoms with E-state index in [0.29, 0.717) is 12.0 Å². The summed E-state index contributed by atoms with van der Waals surface area (Å²) in [5, 5.41) is 11.4. The van der Waals surface area contributed by atoms with Gasteiger partial charge in [0.1, 0.15) is 0 Å². The van der Waals surface area contributed by atoms with E-state index in [4.69, 9.17) is 0 Å². The van der Waals surface area contributed by atoms with Crippen molar-refractivity contribution in [3.63, 3.8) is 0 Å². The summed E-state index contributed by atoms with van der Waals surface area (Å²) >= 11 is 0. The molecule has 1 aromatic carbocycles. The van der Waals surface area contributed by atoms with E-state index in [1.165, 1.54) is 11.1 Å². The van der Waals surface area contributed by atoms with Crippen LogP contribution in [0.5, 0.6) is 0 Å². The number of allylic oxidation sites excluding steroid dienone is 5. The van der Waals surface area contributed by atoms with Gasteiger partial charge in [-0.25, -0.2) is 4.79 Å². The van der Waals surface area contributed by atoms with Gasteiger partial charge in [-0.2, -0.15) is 0 Å². The average Bonchev–Trinajstić information content (AvgIpc) is 3.19. The molecule has 0 amide bonds. The largest absolute Gasteiger partial charge is 0.478 e. The molecule has 4 rings (SSSR count). The lowest BCUT2D eigenvalue weighted by Gasteiger charge is -2.11. The Balaban J connectivity index is 2.16. The fraction of sp³-hybridized carbons (Fsp3) is 0.118. The number of hydrogen-bond acceptors (Lipinski definition) is 1. The Hall–Kier alpha value is -2.35. The molecule has 0 unspecified atom stereocenters. The van der Waals surface area contributed by atoms with Gasteiger partial charge in [-0.1, -0.05) is 48.1 Å². The molecule has 92 valence electrons. The van der Waals surface area contributed by atoms with Gasteiger partial charge in [-0.05, 0) is 33.6 Å². The second kappa shape index (κ2) is 3.58. The summed E-state index contributed by atoms with van der Waals surface area (Å²) in [6.07, 6.45) is 11.8. The second-order valence-electron chi connectivity index (χ2n) is 5.12. The molecule has 1 N–H and O–H groups in total. The smallest absolute Gasteiger partial charge is 0.332 e. The molecule has 0 saturated carbocycles. The highest BCUT2D eigenvalue weighted by molar-refractivity contribution is 6.13. The predicted molar refractivity (Wildman–Crippen MR) is 75.5 cm³/mol. The Morgan fingerprint density at radius 2 is 2.00 bits per heavy atom. The highest BCUT2D eigenvalue weighted by Gasteiger charge is 2.32. The van der Waals surface area contributed by atoms with Crippen LogP contribution in [-0.2, 0) is 4.79 Å². The van der Waals surface area contributed by atoms with E-state index in [1.807, 2.05) is 30.4 Å². The molecule has 1 aromatic rings. The van der Waals surface area contributed by atoms with Crippen LogP contribution in [0.1, 0.15) is 24.0 Å². The topological polar surface area (TPSA) is 37.3 Å². The Morgan fingerprint density at radius 1 is 1.11 bits per heavy atom. The molecule has 2 nitrogen and oxygen atoms in total. The maximum atomic E-state index is 11.4. The van der Waals surface area contributed by atoms with Crippen LogP contribution in [0.3, 0.4) is 0 Å². The van der Waals surface area contributed by atoms with Crippen LogP contribution in [0.25, 0.3) is 23.3 Å². The summed E-state index contributed by atoms with van der Waals surface area (Å²) in [4.78, 5) is 11.4. The third-order valence-corrected chi connectivity index (χ3v) is 4.01. The molecule has 0 saturated heterocycles. The number of benzene rings is 1. The quantitative estimate of drug-likeness (QED) is 0.823. The molecule has 0 heterocycles. The fourth-order valence-electron chi connectivity index (χ4n) is 3.02. The maximum absolute atomic E-state index is 11.4. The maximum Gasteiger partial charge on any atom is 0.332 e. The van der Waals surface area contributed by atoms with Gasteiger partial charge in [-0.15, -0.1) is 0 Å². The van der Waals surface area contributed by atoms with Gasteiger partial charge < -0.3 is 5.11 Å². The Morgan fingerprint density at radius 3 is 2.84 bits per heavy atom. The first-order valence-electron chi connectivity index (χ1n) is 6.41. The molecule has 3 aliphatic rings. The fourth-order valence-corrected chi connectivity index (χ4v) is 3.02. The molecule has 19 heavy (non-hydrogen) atoms. The average molecular weight is 248 g/mol. The lowest BCUT2D eigenvalue weighted by molar-refractivity contribution is -0.130. The van der Waals surface area contributed by atoms with Crippen LogP contribution in [0, 0.1) is 0 Å². The van der Waals surface area contributed by atoms with Crippen molar-refractivity contribution in [2.45, 2.75) is 12.8 Å². The first kappa shape index (κ1) is 10.6. The number of hydrogen-bond donors (Lipinski definition) is 1. The minimum absolute atomic E-state index is 0.541. The van der Waals surface area contributed by atoms with Gasteiger partial charge in [0, 0.05) is 12.0 Å². The predicted octanol–water partition coefficient (Wildman–Crippen LogP) is 1.85. The van der Waals surface area contributed by atoms with Crippen molar-refractivity contribution in [3.05, 3.63) is 57.5 Å². The zero-order valence-electron chi connectivity index (χ0n) is 10.3. The lowest BCUT2D eigenvalue weighted by Crippen LogP contribution is -2.23. The van der Waals surface area contributed by atoms with Gasteiger partial charge in [0.15, 0.2) is 0 Å². The Kier molecular flexibility index (Phi) is 1.99. The number of carboxylic acid groups (broad SMARTS) is 1. The SMILES string of the molecule is O=C(O)C1=c2ccc3c(c2C2=C(C2)C1)C=CC=CC=3. The molecule has 2 heteroatoms. The Bertz CT molecular complexity index is 833. The molecule has 0 fully saturated rings.